The first-order chi connectivity index (χ1) is 9.69. The van der Waals surface area contributed by atoms with Crippen molar-refractivity contribution in [3.8, 4) is 11.5 Å². The number of halogens is 1. The Balaban J connectivity index is 3.14. The zero-order valence-electron chi connectivity index (χ0n) is 12.0. The van der Waals surface area contributed by atoms with Gasteiger partial charge in [0.25, 0.3) is 0 Å². The fourth-order valence-electron chi connectivity index (χ4n) is 1.59. The van der Waals surface area contributed by atoms with Crippen LogP contribution in [0.4, 0.5) is 0 Å². The number of hydrogen-bond donors (Lipinski definition) is 0. The molecule has 0 spiro atoms. The summed E-state index contributed by atoms with van der Waals surface area (Å²) in [4.78, 5) is 0. The summed E-state index contributed by atoms with van der Waals surface area (Å²) in [6.07, 6.45) is -0.595. The van der Waals surface area contributed by atoms with Crippen molar-refractivity contribution in [2.45, 2.75) is 6.29 Å². The molecule has 0 radical (unpaired) electrons. The summed E-state index contributed by atoms with van der Waals surface area (Å²) in [7, 11) is 6.19. The average molecular weight is 351 g/mol. The van der Waals surface area contributed by atoms with Gasteiger partial charge in [0.15, 0.2) is 19.9 Å². The summed E-state index contributed by atoms with van der Waals surface area (Å²) in [5.74, 6) is 1.18. The molecule has 1 aromatic rings. The minimum atomic E-state index is -0.595. The normalized spacial score (nSPS) is 10.9. The Morgan fingerprint density at radius 2 is 1.40 bits per heavy atom. The van der Waals surface area contributed by atoms with Crippen LogP contribution in [0.1, 0.15) is 11.9 Å². The maximum Gasteiger partial charge on any atom is 0.188 e. The zero-order valence-corrected chi connectivity index (χ0v) is 13.6. The molecule has 0 aromatic heterocycles. The van der Waals surface area contributed by atoms with Crippen LogP contribution in [0.3, 0.4) is 0 Å². The molecule has 0 heterocycles. The van der Waals surface area contributed by atoms with Crippen LogP contribution in [0.2, 0.25) is 0 Å². The molecule has 7 heteroatoms. The fourth-order valence-corrected chi connectivity index (χ4v) is 2.22. The molecular formula is C13H19BrO6. The Labute approximate surface area is 127 Å². The minimum absolute atomic E-state index is 0.123. The van der Waals surface area contributed by atoms with Gasteiger partial charge in [-0.1, -0.05) is 0 Å². The van der Waals surface area contributed by atoms with Crippen molar-refractivity contribution < 1.29 is 28.4 Å². The van der Waals surface area contributed by atoms with Crippen LogP contribution >= 0.6 is 15.9 Å². The van der Waals surface area contributed by atoms with Gasteiger partial charge in [-0.25, -0.2) is 0 Å². The summed E-state index contributed by atoms with van der Waals surface area (Å²) in [5, 5.41) is 0. The van der Waals surface area contributed by atoms with Crippen molar-refractivity contribution in [3.05, 3.63) is 22.2 Å². The number of ether oxygens (including phenoxy) is 6. The highest BCUT2D eigenvalue weighted by atomic mass is 79.9. The Morgan fingerprint density at radius 3 is 1.90 bits per heavy atom. The van der Waals surface area contributed by atoms with E-state index in [0.29, 0.717) is 21.5 Å². The highest BCUT2D eigenvalue weighted by molar-refractivity contribution is 9.10. The first kappa shape index (κ1) is 17.2. The number of hydrogen-bond acceptors (Lipinski definition) is 6. The summed E-state index contributed by atoms with van der Waals surface area (Å²) >= 11 is 3.48. The van der Waals surface area contributed by atoms with Gasteiger partial charge in [-0.2, -0.15) is 0 Å². The van der Waals surface area contributed by atoms with Crippen molar-refractivity contribution >= 4 is 15.9 Å². The Hall–Kier alpha value is -0.860. The summed E-state index contributed by atoms with van der Waals surface area (Å²) in [5.41, 5.74) is 0.681. The van der Waals surface area contributed by atoms with E-state index in [1.807, 2.05) is 0 Å². The predicted octanol–water partition coefficient (Wildman–Crippen LogP) is 2.71. The Bertz CT molecular complexity index is 408. The highest BCUT2D eigenvalue weighted by Crippen LogP contribution is 2.40. The molecule has 6 nitrogen and oxygen atoms in total. The lowest BCUT2D eigenvalue weighted by atomic mass is 10.1. The monoisotopic (exact) mass is 350 g/mol. The van der Waals surface area contributed by atoms with Crippen LogP contribution in [-0.2, 0) is 18.9 Å². The van der Waals surface area contributed by atoms with Crippen LogP contribution in [0.25, 0.3) is 0 Å². The van der Waals surface area contributed by atoms with Gasteiger partial charge in [-0.05, 0) is 28.1 Å². The second kappa shape index (κ2) is 9.15. The van der Waals surface area contributed by atoms with Crippen molar-refractivity contribution in [3.63, 3.8) is 0 Å². The lowest BCUT2D eigenvalue weighted by Crippen LogP contribution is -2.10. The zero-order chi connectivity index (χ0) is 15.0. The van der Waals surface area contributed by atoms with E-state index in [1.165, 1.54) is 0 Å². The first-order valence-corrected chi connectivity index (χ1v) is 6.60. The van der Waals surface area contributed by atoms with Gasteiger partial charge >= 0.3 is 0 Å². The molecule has 1 aromatic carbocycles. The van der Waals surface area contributed by atoms with E-state index >= 15 is 0 Å². The number of methoxy groups -OCH3 is 4. The summed E-state index contributed by atoms with van der Waals surface area (Å²) in [6.45, 7) is 0.263. The molecule has 0 fully saturated rings. The van der Waals surface area contributed by atoms with Gasteiger partial charge in [0, 0.05) is 28.4 Å². The molecule has 0 atom stereocenters. The van der Waals surface area contributed by atoms with Crippen molar-refractivity contribution in [1.29, 1.82) is 0 Å². The quantitative estimate of drug-likeness (QED) is 0.638. The van der Waals surface area contributed by atoms with E-state index in [0.717, 1.165) is 0 Å². The second-order valence-corrected chi connectivity index (χ2v) is 4.49. The topological polar surface area (TPSA) is 55.4 Å². The van der Waals surface area contributed by atoms with Gasteiger partial charge in [0.2, 0.25) is 0 Å². The Kier molecular flexibility index (Phi) is 7.86. The molecular weight excluding hydrogens is 332 g/mol. The fraction of sp³-hybridized carbons (Fsp3) is 0.538. The molecule has 0 amide bonds. The smallest absolute Gasteiger partial charge is 0.188 e. The van der Waals surface area contributed by atoms with Crippen molar-refractivity contribution in [2.24, 2.45) is 0 Å². The van der Waals surface area contributed by atoms with Crippen molar-refractivity contribution in [2.75, 3.05) is 42.0 Å². The molecule has 1 rings (SSSR count). The average Bonchev–Trinajstić information content (AvgIpc) is 2.47. The van der Waals surface area contributed by atoms with Gasteiger partial charge in [-0.15, -0.1) is 0 Å². The third-order valence-electron chi connectivity index (χ3n) is 2.43. The Morgan fingerprint density at radius 1 is 0.900 bits per heavy atom. The third-order valence-corrected chi connectivity index (χ3v) is 3.25. The van der Waals surface area contributed by atoms with E-state index in [1.54, 1.807) is 40.6 Å². The molecule has 0 aliphatic carbocycles. The lowest BCUT2D eigenvalue weighted by molar-refractivity contribution is -0.108. The van der Waals surface area contributed by atoms with Gasteiger partial charge in [0.05, 0.1) is 10.0 Å². The van der Waals surface area contributed by atoms with E-state index < -0.39 is 6.29 Å². The molecule has 0 aliphatic heterocycles. The van der Waals surface area contributed by atoms with E-state index in [-0.39, 0.29) is 13.6 Å². The lowest BCUT2D eigenvalue weighted by Gasteiger charge is -2.21. The highest BCUT2D eigenvalue weighted by Gasteiger charge is 2.22. The standard InChI is InChI=1S/C13H19BrO6/c1-15-7-19-9-5-6-10(20-8-16-2)12(14)11(9)13(17-3)18-4/h5-6,13H,7-8H2,1-4H3. The van der Waals surface area contributed by atoms with E-state index in [4.69, 9.17) is 28.4 Å². The maximum absolute atomic E-state index is 5.51. The summed E-state index contributed by atoms with van der Waals surface area (Å²) in [6, 6.07) is 3.52. The number of benzene rings is 1. The van der Waals surface area contributed by atoms with E-state index in [2.05, 4.69) is 15.9 Å². The van der Waals surface area contributed by atoms with Crippen LogP contribution in [0, 0.1) is 0 Å². The molecule has 0 saturated carbocycles. The summed E-state index contributed by atoms with van der Waals surface area (Å²) < 4.78 is 32.0. The van der Waals surface area contributed by atoms with E-state index in [9.17, 15) is 0 Å². The van der Waals surface area contributed by atoms with Gasteiger partial charge < -0.3 is 28.4 Å². The largest absolute Gasteiger partial charge is 0.467 e. The molecule has 0 unspecified atom stereocenters. The molecule has 0 saturated heterocycles. The van der Waals surface area contributed by atoms with Crippen LogP contribution in [-0.4, -0.2) is 42.0 Å². The molecule has 114 valence electrons. The SMILES string of the molecule is COCOc1ccc(OCOC)c(C(OC)OC)c1Br. The predicted molar refractivity (Wildman–Crippen MR) is 75.9 cm³/mol. The minimum Gasteiger partial charge on any atom is -0.467 e. The van der Waals surface area contributed by atoms with Crippen LogP contribution < -0.4 is 9.47 Å². The molecule has 0 aliphatic rings. The van der Waals surface area contributed by atoms with Gasteiger partial charge in [-0.3, -0.25) is 0 Å². The molecule has 0 bridgehead atoms. The second-order valence-electron chi connectivity index (χ2n) is 3.69. The van der Waals surface area contributed by atoms with Crippen molar-refractivity contribution in [1.82, 2.24) is 0 Å². The third kappa shape index (κ3) is 4.32. The van der Waals surface area contributed by atoms with Gasteiger partial charge in [0.1, 0.15) is 11.5 Å². The molecule has 20 heavy (non-hydrogen) atoms. The first-order valence-electron chi connectivity index (χ1n) is 5.81. The molecule has 0 N–H and O–H groups in total. The maximum atomic E-state index is 5.51. The van der Waals surface area contributed by atoms with Crippen LogP contribution in [0.5, 0.6) is 11.5 Å². The van der Waals surface area contributed by atoms with Crippen LogP contribution in [0.15, 0.2) is 16.6 Å². The number of rotatable bonds is 9.